The standard InChI is InChI=1S/C10H8BrN3/c1-7-9(6-10(11)14-13-7)8-2-4-12-5-3-8/h2-6H,1H3. The molecule has 0 aliphatic heterocycles. The molecule has 14 heavy (non-hydrogen) atoms. The number of aryl methyl sites for hydroxylation is 1. The van der Waals surface area contributed by atoms with Crippen LogP contribution in [0.3, 0.4) is 0 Å². The summed E-state index contributed by atoms with van der Waals surface area (Å²) in [6.07, 6.45) is 3.53. The summed E-state index contributed by atoms with van der Waals surface area (Å²) in [4.78, 5) is 3.98. The first kappa shape index (κ1) is 9.27. The fourth-order valence-corrected chi connectivity index (χ4v) is 1.56. The highest BCUT2D eigenvalue weighted by Gasteiger charge is 2.03. The van der Waals surface area contributed by atoms with Crippen LogP contribution < -0.4 is 0 Å². The van der Waals surface area contributed by atoms with Crippen molar-refractivity contribution in [2.24, 2.45) is 0 Å². The van der Waals surface area contributed by atoms with Crippen LogP contribution in [0.1, 0.15) is 5.69 Å². The maximum Gasteiger partial charge on any atom is 0.129 e. The third-order valence-electron chi connectivity index (χ3n) is 1.94. The highest BCUT2D eigenvalue weighted by atomic mass is 79.9. The molecule has 0 N–H and O–H groups in total. The molecule has 0 aliphatic carbocycles. The number of aromatic nitrogens is 3. The van der Waals surface area contributed by atoms with Crippen LogP contribution in [0, 0.1) is 6.92 Å². The van der Waals surface area contributed by atoms with Crippen molar-refractivity contribution in [3.8, 4) is 11.1 Å². The first-order chi connectivity index (χ1) is 6.77. The van der Waals surface area contributed by atoms with E-state index in [1.54, 1.807) is 12.4 Å². The zero-order valence-electron chi connectivity index (χ0n) is 7.61. The van der Waals surface area contributed by atoms with E-state index in [-0.39, 0.29) is 0 Å². The summed E-state index contributed by atoms with van der Waals surface area (Å²) in [6.45, 7) is 1.94. The van der Waals surface area contributed by atoms with Crippen molar-refractivity contribution in [2.45, 2.75) is 6.92 Å². The highest BCUT2D eigenvalue weighted by Crippen LogP contribution is 2.22. The fraction of sp³-hybridized carbons (Fsp3) is 0.100. The fourth-order valence-electron chi connectivity index (χ4n) is 1.25. The van der Waals surface area contributed by atoms with E-state index in [1.165, 1.54) is 0 Å². The van der Waals surface area contributed by atoms with Crippen molar-refractivity contribution in [3.05, 3.63) is 40.9 Å². The zero-order valence-corrected chi connectivity index (χ0v) is 9.19. The molecule has 0 saturated carbocycles. The van der Waals surface area contributed by atoms with Gasteiger partial charge in [-0.25, -0.2) is 0 Å². The molecular weight excluding hydrogens is 242 g/mol. The van der Waals surface area contributed by atoms with Crippen molar-refractivity contribution < 1.29 is 0 Å². The third-order valence-corrected chi connectivity index (χ3v) is 2.33. The van der Waals surface area contributed by atoms with Gasteiger partial charge < -0.3 is 0 Å². The normalized spacial score (nSPS) is 10.1. The van der Waals surface area contributed by atoms with E-state index >= 15 is 0 Å². The maximum atomic E-state index is 4.04. The Morgan fingerprint density at radius 3 is 2.57 bits per heavy atom. The second-order valence-corrected chi connectivity index (χ2v) is 3.71. The molecule has 2 aromatic heterocycles. The first-order valence-corrected chi connectivity index (χ1v) is 4.97. The van der Waals surface area contributed by atoms with E-state index in [0.29, 0.717) is 0 Å². The predicted octanol–water partition coefficient (Wildman–Crippen LogP) is 2.61. The van der Waals surface area contributed by atoms with Gasteiger partial charge in [0.15, 0.2) is 0 Å². The Balaban J connectivity index is 2.57. The molecule has 0 amide bonds. The summed E-state index contributed by atoms with van der Waals surface area (Å²) in [6, 6.07) is 5.87. The molecule has 2 heterocycles. The van der Waals surface area contributed by atoms with Gasteiger partial charge in [-0.3, -0.25) is 4.98 Å². The molecule has 0 radical (unpaired) electrons. The Labute approximate surface area is 90.3 Å². The van der Waals surface area contributed by atoms with Crippen molar-refractivity contribution in [3.63, 3.8) is 0 Å². The third kappa shape index (κ3) is 1.80. The smallest absolute Gasteiger partial charge is 0.129 e. The molecule has 0 aliphatic rings. The zero-order chi connectivity index (χ0) is 9.97. The molecule has 0 atom stereocenters. The lowest BCUT2D eigenvalue weighted by atomic mass is 10.1. The van der Waals surface area contributed by atoms with Gasteiger partial charge >= 0.3 is 0 Å². The molecule has 0 unspecified atom stereocenters. The first-order valence-electron chi connectivity index (χ1n) is 4.17. The van der Waals surface area contributed by atoms with Crippen LogP contribution in [0.2, 0.25) is 0 Å². The minimum absolute atomic E-state index is 0.745. The summed E-state index contributed by atoms with van der Waals surface area (Å²) in [5.74, 6) is 0. The Morgan fingerprint density at radius 1 is 1.14 bits per heavy atom. The lowest BCUT2D eigenvalue weighted by molar-refractivity contribution is 0.962. The van der Waals surface area contributed by atoms with Gasteiger partial charge in [0.25, 0.3) is 0 Å². The second kappa shape index (κ2) is 3.84. The molecular formula is C10H8BrN3. The van der Waals surface area contributed by atoms with Crippen LogP contribution in [0.25, 0.3) is 11.1 Å². The van der Waals surface area contributed by atoms with Gasteiger partial charge in [-0.15, -0.1) is 5.10 Å². The number of pyridine rings is 1. The van der Waals surface area contributed by atoms with Crippen LogP contribution in [0.5, 0.6) is 0 Å². The number of hydrogen-bond acceptors (Lipinski definition) is 3. The second-order valence-electron chi connectivity index (χ2n) is 2.90. The number of hydrogen-bond donors (Lipinski definition) is 0. The molecule has 2 aromatic rings. The molecule has 4 heteroatoms. The minimum Gasteiger partial charge on any atom is -0.265 e. The van der Waals surface area contributed by atoms with E-state index in [1.807, 2.05) is 25.1 Å². The molecule has 0 saturated heterocycles. The van der Waals surface area contributed by atoms with Gasteiger partial charge in [-0.05, 0) is 46.6 Å². The Kier molecular flexibility index (Phi) is 2.54. The monoisotopic (exact) mass is 249 g/mol. The van der Waals surface area contributed by atoms with Gasteiger partial charge in [0.05, 0.1) is 5.69 Å². The van der Waals surface area contributed by atoms with E-state index in [4.69, 9.17) is 0 Å². The summed E-state index contributed by atoms with van der Waals surface area (Å²) in [5, 5.41) is 7.95. The van der Waals surface area contributed by atoms with Crippen molar-refractivity contribution >= 4 is 15.9 Å². The van der Waals surface area contributed by atoms with E-state index in [9.17, 15) is 0 Å². The average Bonchev–Trinajstić information content (AvgIpc) is 2.23. The van der Waals surface area contributed by atoms with Crippen LogP contribution >= 0.6 is 15.9 Å². The molecule has 2 rings (SSSR count). The summed E-state index contributed by atoms with van der Waals surface area (Å²) in [7, 11) is 0. The molecule has 0 bridgehead atoms. The molecule has 70 valence electrons. The van der Waals surface area contributed by atoms with Gasteiger partial charge in [-0.1, -0.05) is 0 Å². The minimum atomic E-state index is 0.745. The average molecular weight is 250 g/mol. The SMILES string of the molecule is Cc1nnc(Br)cc1-c1ccncc1. The summed E-state index contributed by atoms with van der Waals surface area (Å²) >= 11 is 3.30. The van der Waals surface area contributed by atoms with Crippen molar-refractivity contribution in [2.75, 3.05) is 0 Å². The lowest BCUT2D eigenvalue weighted by Gasteiger charge is -2.03. The highest BCUT2D eigenvalue weighted by molar-refractivity contribution is 9.10. The quantitative estimate of drug-likeness (QED) is 0.780. The van der Waals surface area contributed by atoms with Crippen molar-refractivity contribution in [1.82, 2.24) is 15.2 Å². The molecule has 0 spiro atoms. The van der Waals surface area contributed by atoms with Gasteiger partial charge in [0, 0.05) is 18.0 Å². The van der Waals surface area contributed by atoms with Gasteiger partial charge in [0.2, 0.25) is 0 Å². The van der Waals surface area contributed by atoms with Gasteiger partial charge in [0.1, 0.15) is 4.60 Å². The van der Waals surface area contributed by atoms with Gasteiger partial charge in [-0.2, -0.15) is 5.10 Å². The van der Waals surface area contributed by atoms with Crippen LogP contribution in [-0.2, 0) is 0 Å². The van der Waals surface area contributed by atoms with E-state index in [2.05, 4.69) is 31.1 Å². The Hall–Kier alpha value is -1.29. The topological polar surface area (TPSA) is 38.7 Å². The Morgan fingerprint density at radius 2 is 1.86 bits per heavy atom. The predicted molar refractivity (Wildman–Crippen MR) is 57.7 cm³/mol. The van der Waals surface area contributed by atoms with Crippen LogP contribution in [0.15, 0.2) is 35.2 Å². The summed E-state index contributed by atoms with van der Waals surface area (Å²) < 4.78 is 0.745. The Bertz CT molecular complexity index is 442. The van der Waals surface area contributed by atoms with E-state index in [0.717, 1.165) is 21.4 Å². The summed E-state index contributed by atoms with van der Waals surface area (Å²) in [5.41, 5.74) is 3.10. The number of nitrogens with zero attached hydrogens (tertiary/aromatic N) is 3. The number of halogens is 1. The van der Waals surface area contributed by atoms with Crippen LogP contribution in [-0.4, -0.2) is 15.2 Å². The van der Waals surface area contributed by atoms with Crippen molar-refractivity contribution in [1.29, 1.82) is 0 Å². The largest absolute Gasteiger partial charge is 0.265 e. The molecule has 0 fully saturated rings. The molecule has 3 nitrogen and oxygen atoms in total. The molecule has 0 aromatic carbocycles. The lowest BCUT2D eigenvalue weighted by Crippen LogP contribution is -1.91. The van der Waals surface area contributed by atoms with E-state index < -0.39 is 0 Å². The number of rotatable bonds is 1. The maximum absolute atomic E-state index is 4.04. The van der Waals surface area contributed by atoms with Crippen LogP contribution in [0.4, 0.5) is 0 Å².